The average molecular weight is 210 g/mol. The molecule has 1 saturated carbocycles. The number of hydrogen-bond donors (Lipinski definition) is 0. The van der Waals surface area contributed by atoms with Crippen LogP contribution in [0.4, 0.5) is 0 Å². The molecule has 1 fully saturated rings. The zero-order valence-corrected chi connectivity index (χ0v) is 11.4. The number of hydrogen-bond acceptors (Lipinski definition) is 0. The van der Waals surface area contributed by atoms with E-state index in [0.717, 1.165) is 0 Å². The van der Waals surface area contributed by atoms with Crippen molar-refractivity contribution in [1.82, 2.24) is 0 Å². The van der Waals surface area contributed by atoms with Crippen molar-refractivity contribution >= 4 is 0 Å². The van der Waals surface area contributed by atoms with Gasteiger partial charge in [0, 0.05) is 0 Å². The van der Waals surface area contributed by atoms with E-state index in [0.29, 0.717) is 10.8 Å². The summed E-state index contributed by atoms with van der Waals surface area (Å²) >= 11 is 0. The summed E-state index contributed by atoms with van der Waals surface area (Å²) < 4.78 is 0. The first-order valence-corrected chi connectivity index (χ1v) is 7.04. The van der Waals surface area contributed by atoms with Crippen molar-refractivity contribution < 1.29 is 0 Å². The summed E-state index contributed by atoms with van der Waals surface area (Å²) in [6.07, 6.45) is 13.0. The minimum Gasteiger partial charge on any atom is -0.0649 e. The van der Waals surface area contributed by atoms with Crippen molar-refractivity contribution in [3.05, 3.63) is 0 Å². The first-order valence-electron chi connectivity index (χ1n) is 7.04. The lowest BCUT2D eigenvalue weighted by atomic mass is 9.71. The molecule has 0 heterocycles. The second-order valence-electron chi connectivity index (χ2n) is 6.43. The molecular formula is C15H30. The molecular weight excluding hydrogens is 180 g/mol. The van der Waals surface area contributed by atoms with E-state index in [4.69, 9.17) is 0 Å². The lowest BCUT2D eigenvalue weighted by molar-refractivity contribution is 0.176. The Labute approximate surface area is 96.8 Å². The van der Waals surface area contributed by atoms with Gasteiger partial charge in [-0.25, -0.2) is 0 Å². The molecule has 0 bridgehead atoms. The highest BCUT2D eigenvalue weighted by atomic mass is 14.4. The average Bonchev–Trinajstić information content (AvgIpc) is 2.29. The molecule has 0 aromatic heterocycles. The van der Waals surface area contributed by atoms with E-state index in [1.54, 1.807) is 0 Å². The Morgan fingerprint density at radius 2 is 1.33 bits per heavy atom. The summed E-state index contributed by atoms with van der Waals surface area (Å²) in [5, 5.41) is 0. The zero-order valence-electron chi connectivity index (χ0n) is 11.4. The van der Waals surface area contributed by atoms with Crippen LogP contribution >= 0.6 is 0 Å². The van der Waals surface area contributed by atoms with Crippen molar-refractivity contribution in [3.8, 4) is 0 Å². The Kier molecular flexibility index (Phi) is 4.67. The summed E-state index contributed by atoms with van der Waals surface area (Å²) in [5.41, 5.74) is 1.28. The van der Waals surface area contributed by atoms with E-state index in [1.165, 1.54) is 57.8 Å². The van der Waals surface area contributed by atoms with Crippen LogP contribution in [0.25, 0.3) is 0 Å². The summed E-state index contributed by atoms with van der Waals surface area (Å²) in [6, 6.07) is 0. The Balaban J connectivity index is 2.66. The van der Waals surface area contributed by atoms with Gasteiger partial charge in [0.05, 0.1) is 0 Å². The smallest absolute Gasteiger partial charge is 0.0302 e. The third-order valence-electron chi connectivity index (χ3n) is 4.89. The number of rotatable bonds is 2. The molecule has 0 unspecified atom stereocenters. The van der Waals surface area contributed by atoms with Gasteiger partial charge in [0.1, 0.15) is 0 Å². The molecule has 0 radical (unpaired) electrons. The molecule has 0 atom stereocenters. The van der Waals surface area contributed by atoms with Gasteiger partial charge in [-0.1, -0.05) is 59.8 Å². The third kappa shape index (κ3) is 3.81. The van der Waals surface area contributed by atoms with Crippen LogP contribution in [0.2, 0.25) is 0 Å². The van der Waals surface area contributed by atoms with Crippen molar-refractivity contribution in [2.24, 2.45) is 10.8 Å². The lowest BCUT2D eigenvalue weighted by Crippen LogP contribution is -2.21. The van der Waals surface area contributed by atoms with Gasteiger partial charge in [-0.2, -0.15) is 0 Å². The maximum Gasteiger partial charge on any atom is -0.0302 e. The van der Waals surface area contributed by atoms with Crippen LogP contribution in [0, 0.1) is 10.8 Å². The Morgan fingerprint density at radius 1 is 0.733 bits per heavy atom. The fourth-order valence-corrected chi connectivity index (χ4v) is 3.09. The highest BCUT2D eigenvalue weighted by Gasteiger charge is 2.30. The van der Waals surface area contributed by atoms with Crippen LogP contribution in [-0.2, 0) is 0 Å². The fraction of sp³-hybridized carbons (Fsp3) is 1.00. The molecule has 0 aromatic rings. The van der Waals surface area contributed by atoms with Crippen molar-refractivity contribution in [3.63, 3.8) is 0 Å². The van der Waals surface area contributed by atoms with Crippen LogP contribution in [0.15, 0.2) is 0 Å². The van der Waals surface area contributed by atoms with E-state index < -0.39 is 0 Å². The SMILES string of the molecule is CCC1(CC)CCCCCC(C)(C)CC1. The Hall–Kier alpha value is 0. The molecule has 1 rings (SSSR count). The first-order chi connectivity index (χ1) is 7.04. The lowest BCUT2D eigenvalue weighted by Gasteiger charge is -2.34. The minimum absolute atomic E-state index is 0.597. The summed E-state index contributed by atoms with van der Waals surface area (Å²) in [6.45, 7) is 9.73. The molecule has 0 nitrogen and oxygen atoms in total. The molecule has 0 aromatic carbocycles. The maximum absolute atomic E-state index is 2.47. The molecule has 90 valence electrons. The fourth-order valence-electron chi connectivity index (χ4n) is 3.09. The van der Waals surface area contributed by atoms with Gasteiger partial charge in [-0.05, 0) is 36.5 Å². The van der Waals surface area contributed by atoms with Gasteiger partial charge < -0.3 is 0 Å². The van der Waals surface area contributed by atoms with E-state index >= 15 is 0 Å². The molecule has 0 saturated heterocycles. The summed E-state index contributed by atoms with van der Waals surface area (Å²) in [7, 11) is 0. The molecule has 0 heteroatoms. The van der Waals surface area contributed by atoms with Gasteiger partial charge in [-0.3, -0.25) is 0 Å². The molecule has 0 N–H and O–H groups in total. The Bertz CT molecular complexity index is 174. The van der Waals surface area contributed by atoms with Crippen molar-refractivity contribution in [2.75, 3.05) is 0 Å². The van der Waals surface area contributed by atoms with E-state index in [2.05, 4.69) is 27.7 Å². The minimum atomic E-state index is 0.597. The van der Waals surface area contributed by atoms with Crippen LogP contribution < -0.4 is 0 Å². The largest absolute Gasteiger partial charge is 0.0649 e. The normalized spacial score (nSPS) is 26.4. The zero-order chi connectivity index (χ0) is 11.4. The first kappa shape index (κ1) is 13.1. The molecule has 0 aliphatic heterocycles. The quantitative estimate of drug-likeness (QED) is 0.559. The standard InChI is InChI=1S/C15H30/c1-5-15(6-2)11-9-7-8-10-14(3,4)12-13-15/h5-13H2,1-4H3. The molecule has 0 spiro atoms. The second-order valence-corrected chi connectivity index (χ2v) is 6.43. The topological polar surface area (TPSA) is 0 Å². The van der Waals surface area contributed by atoms with Gasteiger partial charge in [0.25, 0.3) is 0 Å². The van der Waals surface area contributed by atoms with Crippen LogP contribution in [0.1, 0.15) is 85.5 Å². The maximum atomic E-state index is 2.47. The highest BCUT2D eigenvalue weighted by Crippen LogP contribution is 2.43. The predicted molar refractivity (Wildman–Crippen MR) is 69.1 cm³/mol. The van der Waals surface area contributed by atoms with Gasteiger partial charge in [0.15, 0.2) is 0 Å². The Morgan fingerprint density at radius 3 is 1.93 bits per heavy atom. The van der Waals surface area contributed by atoms with Crippen LogP contribution in [0.3, 0.4) is 0 Å². The molecule has 15 heavy (non-hydrogen) atoms. The van der Waals surface area contributed by atoms with E-state index in [9.17, 15) is 0 Å². The van der Waals surface area contributed by atoms with Crippen molar-refractivity contribution in [2.45, 2.75) is 85.5 Å². The molecule has 1 aliphatic carbocycles. The summed E-state index contributed by atoms with van der Waals surface area (Å²) in [4.78, 5) is 0. The van der Waals surface area contributed by atoms with Gasteiger partial charge in [0.2, 0.25) is 0 Å². The second kappa shape index (κ2) is 5.37. The van der Waals surface area contributed by atoms with E-state index in [-0.39, 0.29) is 0 Å². The molecule has 1 aliphatic rings. The monoisotopic (exact) mass is 210 g/mol. The third-order valence-corrected chi connectivity index (χ3v) is 4.89. The van der Waals surface area contributed by atoms with Gasteiger partial charge >= 0.3 is 0 Å². The predicted octanol–water partition coefficient (Wildman–Crippen LogP) is 5.56. The molecule has 0 amide bonds. The van der Waals surface area contributed by atoms with Crippen LogP contribution in [-0.4, -0.2) is 0 Å². The van der Waals surface area contributed by atoms with Gasteiger partial charge in [-0.15, -0.1) is 0 Å². The summed E-state index contributed by atoms with van der Waals surface area (Å²) in [5.74, 6) is 0. The van der Waals surface area contributed by atoms with E-state index in [1.807, 2.05) is 0 Å². The highest BCUT2D eigenvalue weighted by molar-refractivity contribution is 4.82. The van der Waals surface area contributed by atoms with Crippen LogP contribution in [0.5, 0.6) is 0 Å². The van der Waals surface area contributed by atoms with Crippen molar-refractivity contribution in [1.29, 1.82) is 0 Å².